The summed E-state index contributed by atoms with van der Waals surface area (Å²) in [5.41, 5.74) is 4.21. The molecule has 0 radical (unpaired) electrons. The lowest BCUT2D eigenvalue weighted by molar-refractivity contribution is -0.123. The number of piperidine rings is 1. The number of hydrogen-bond acceptors (Lipinski definition) is 5. The predicted molar refractivity (Wildman–Crippen MR) is 136 cm³/mol. The van der Waals surface area contributed by atoms with Crippen molar-refractivity contribution in [3.63, 3.8) is 0 Å². The van der Waals surface area contributed by atoms with Crippen molar-refractivity contribution in [2.75, 3.05) is 28.3 Å². The first-order valence-corrected chi connectivity index (χ1v) is 13.2. The minimum absolute atomic E-state index is 0.113. The van der Waals surface area contributed by atoms with Crippen molar-refractivity contribution in [1.29, 1.82) is 0 Å². The molecule has 4 aliphatic heterocycles. The minimum Gasteiger partial charge on any atom is -0.374 e. The third kappa shape index (κ3) is 4.06. The average molecular weight is 461 g/mol. The second-order valence-corrected chi connectivity index (χ2v) is 10.6. The van der Waals surface area contributed by atoms with Gasteiger partial charge in [0.05, 0.1) is 36.7 Å². The van der Waals surface area contributed by atoms with Crippen LogP contribution in [0.4, 0.5) is 22.9 Å². The van der Waals surface area contributed by atoms with E-state index in [0.29, 0.717) is 18.7 Å². The normalized spacial score (nSPS) is 28.0. The summed E-state index contributed by atoms with van der Waals surface area (Å²) in [5, 5.41) is 3.53. The van der Waals surface area contributed by atoms with E-state index in [1.807, 2.05) is 17.2 Å². The zero-order valence-corrected chi connectivity index (χ0v) is 20.2. The van der Waals surface area contributed by atoms with Crippen LogP contribution in [0, 0.1) is 11.8 Å². The molecule has 1 aliphatic carbocycles. The van der Waals surface area contributed by atoms with Crippen molar-refractivity contribution in [3.8, 4) is 0 Å². The monoisotopic (exact) mass is 460 g/mol. The van der Waals surface area contributed by atoms with Crippen molar-refractivity contribution >= 4 is 28.8 Å². The van der Waals surface area contributed by atoms with Crippen molar-refractivity contribution in [2.24, 2.45) is 11.8 Å². The molecule has 0 spiro atoms. The Balaban J connectivity index is 1.32. The summed E-state index contributed by atoms with van der Waals surface area (Å²) in [7, 11) is 0. The molecular formula is C28H36N4O2. The lowest BCUT2D eigenvalue weighted by Crippen LogP contribution is -2.54. The lowest BCUT2D eigenvalue weighted by Gasteiger charge is -2.46. The quantitative estimate of drug-likeness (QED) is 0.639. The zero-order chi connectivity index (χ0) is 23.1. The number of rotatable bonds is 4. The summed E-state index contributed by atoms with van der Waals surface area (Å²) in [6.07, 6.45) is 11.4. The number of nitrogens with one attached hydrogen (secondary N) is 1. The first kappa shape index (κ1) is 21.9. The highest BCUT2D eigenvalue weighted by molar-refractivity contribution is 6.00. The van der Waals surface area contributed by atoms with Crippen molar-refractivity contribution in [3.05, 3.63) is 42.1 Å². The van der Waals surface area contributed by atoms with Gasteiger partial charge in [-0.15, -0.1) is 0 Å². The van der Waals surface area contributed by atoms with Gasteiger partial charge in [-0.1, -0.05) is 25.8 Å². The fourth-order valence-electron chi connectivity index (χ4n) is 6.48. The Morgan fingerprint density at radius 2 is 2.03 bits per heavy atom. The second-order valence-electron chi connectivity index (χ2n) is 10.6. The van der Waals surface area contributed by atoms with Crippen LogP contribution in [0.2, 0.25) is 0 Å². The number of benzene rings is 1. The van der Waals surface area contributed by atoms with Crippen LogP contribution >= 0.6 is 0 Å². The van der Waals surface area contributed by atoms with E-state index in [-0.39, 0.29) is 11.8 Å². The van der Waals surface area contributed by atoms with Crippen LogP contribution in [0.5, 0.6) is 0 Å². The van der Waals surface area contributed by atoms with Gasteiger partial charge in [0.2, 0.25) is 5.91 Å². The van der Waals surface area contributed by atoms with Gasteiger partial charge in [0, 0.05) is 29.9 Å². The minimum atomic E-state index is 0.113. The number of aromatic nitrogens is 1. The van der Waals surface area contributed by atoms with Crippen molar-refractivity contribution in [2.45, 2.75) is 77.0 Å². The molecular weight excluding hydrogens is 424 g/mol. The van der Waals surface area contributed by atoms with Crippen LogP contribution in [0.3, 0.4) is 0 Å². The van der Waals surface area contributed by atoms with Gasteiger partial charge in [-0.3, -0.25) is 4.79 Å². The number of amides is 1. The summed E-state index contributed by atoms with van der Waals surface area (Å²) in [4.78, 5) is 23.1. The van der Waals surface area contributed by atoms with Gasteiger partial charge in [-0.25, -0.2) is 4.98 Å². The Morgan fingerprint density at radius 1 is 1.15 bits per heavy atom. The number of fused-ring (bicyclic) bond motifs is 5. The Bertz CT molecular complexity index is 1040. The van der Waals surface area contributed by atoms with Crippen molar-refractivity contribution in [1.82, 2.24) is 4.98 Å². The molecule has 2 unspecified atom stereocenters. The first-order valence-electron chi connectivity index (χ1n) is 13.2. The number of hydrogen-bond donors (Lipinski definition) is 1. The molecule has 1 saturated carbocycles. The third-order valence-corrected chi connectivity index (χ3v) is 8.42. The Kier molecular flexibility index (Phi) is 5.94. The average Bonchev–Trinajstić information content (AvgIpc) is 3.06. The topological polar surface area (TPSA) is 57.7 Å². The summed E-state index contributed by atoms with van der Waals surface area (Å²) in [5.74, 6) is 2.03. The van der Waals surface area contributed by atoms with E-state index < -0.39 is 0 Å². The summed E-state index contributed by atoms with van der Waals surface area (Å²) in [6, 6.07) is 11.0. The molecule has 2 atom stereocenters. The van der Waals surface area contributed by atoms with Crippen LogP contribution in [0.25, 0.3) is 0 Å². The van der Waals surface area contributed by atoms with Gasteiger partial charge in [0.25, 0.3) is 0 Å². The van der Waals surface area contributed by atoms with E-state index in [1.165, 1.54) is 37.8 Å². The van der Waals surface area contributed by atoms with Crippen LogP contribution in [-0.4, -0.2) is 36.2 Å². The summed E-state index contributed by atoms with van der Waals surface area (Å²) >= 11 is 0. The Morgan fingerprint density at radius 3 is 2.76 bits per heavy atom. The number of ether oxygens (including phenoxy) is 1. The molecule has 2 bridgehead atoms. The molecule has 34 heavy (non-hydrogen) atoms. The zero-order valence-electron chi connectivity index (χ0n) is 20.2. The maximum absolute atomic E-state index is 14.0. The standard InChI is InChI=1S/C28H36N4O2/c1-2-4-19-6-8-20(9-7-19)28(33)32-16-21-5-3-14-29-27(21)30-25-13-11-22(15-26(25)32)31-17-24-12-10-23(31)18-34-24/h3,5,11,13-15,19-20,23-24H,2,4,6-10,12,16-18H2,1H3,(H,29,30). The van der Waals surface area contributed by atoms with Gasteiger partial charge in [0.15, 0.2) is 0 Å². The van der Waals surface area contributed by atoms with Gasteiger partial charge in [0.1, 0.15) is 5.82 Å². The van der Waals surface area contributed by atoms with E-state index >= 15 is 0 Å². The maximum atomic E-state index is 14.0. The molecule has 1 aromatic carbocycles. The van der Waals surface area contributed by atoms with E-state index in [4.69, 9.17) is 4.74 Å². The molecule has 6 heteroatoms. The second kappa shape index (κ2) is 9.21. The third-order valence-electron chi connectivity index (χ3n) is 8.42. The van der Waals surface area contributed by atoms with E-state index in [1.54, 1.807) is 0 Å². The molecule has 3 saturated heterocycles. The molecule has 4 fully saturated rings. The van der Waals surface area contributed by atoms with Gasteiger partial charge in [-0.2, -0.15) is 0 Å². The molecule has 5 aliphatic rings. The number of morpholine rings is 1. The molecule has 5 heterocycles. The first-order chi connectivity index (χ1) is 16.7. The number of carbonyl (C=O) groups is 1. The predicted octanol–water partition coefficient (Wildman–Crippen LogP) is 5.65. The molecule has 7 rings (SSSR count). The summed E-state index contributed by atoms with van der Waals surface area (Å²) < 4.78 is 5.94. The Labute approximate surface area is 202 Å². The highest BCUT2D eigenvalue weighted by Gasteiger charge is 2.36. The fraction of sp³-hybridized carbons (Fsp3) is 0.571. The smallest absolute Gasteiger partial charge is 0.230 e. The number of pyridine rings is 1. The summed E-state index contributed by atoms with van der Waals surface area (Å²) in [6.45, 7) is 4.57. The fourth-order valence-corrected chi connectivity index (χ4v) is 6.48. The molecule has 2 aromatic rings. The van der Waals surface area contributed by atoms with E-state index in [0.717, 1.165) is 61.1 Å². The molecule has 1 aromatic heterocycles. The van der Waals surface area contributed by atoms with Crippen LogP contribution in [-0.2, 0) is 16.1 Å². The maximum Gasteiger partial charge on any atom is 0.230 e. The van der Waals surface area contributed by atoms with Gasteiger partial charge in [-0.05, 0) is 68.7 Å². The van der Waals surface area contributed by atoms with E-state index in [9.17, 15) is 4.79 Å². The van der Waals surface area contributed by atoms with Crippen molar-refractivity contribution < 1.29 is 9.53 Å². The lowest BCUT2D eigenvalue weighted by atomic mass is 9.79. The molecule has 180 valence electrons. The van der Waals surface area contributed by atoms with Crippen LogP contribution in [0.15, 0.2) is 36.5 Å². The van der Waals surface area contributed by atoms with Crippen LogP contribution in [0.1, 0.15) is 63.9 Å². The number of anilines is 4. The SMILES string of the molecule is CCCC1CCC(C(=O)N2Cc3cccnc3Nc3ccc(N4CC5CCC4CO5)cc32)CC1. The highest BCUT2D eigenvalue weighted by atomic mass is 16.5. The molecule has 6 nitrogen and oxygen atoms in total. The molecule has 1 amide bonds. The van der Waals surface area contributed by atoms with Gasteiger partial charge >= 0.3 is 0 Å². The van der Waals surface area contributed by atoms with Crippen LogP contribution < -0.4 is 15.1 Å². The highest BCUT2D eigenvalue weighted by Crippen LogP contribution is 2.42. The Hall–Kier alpha value is -2.60. The molecule has 1 N–H and O–H groups in total. The van der Waals surface area contributed by atoms with E-state index in [2.05, 4.69) is 46.4 Å². The van der Waals surface area contributed by atoms with Gasteiger partial charge < -0.3 is 19.9 Å². The largest absolute Gasteiger partial charge is 0.374 e. The number of nitrogens with zero attached hydrogens (tertiary/aromatic N) is 3. The number of carbonyl (C=O) groups excluding carboxylic acids is 1.